The average molecular weight is 418 g/mol. The van der Waals surface area contributed by atoms with Crippen LogP contribution in [0.4, 0.5) is 18.9 Å². The smallest absolute Gasteiger partial charge is 0.229 e. The molecule has 4 rings (SSSR count). The van der Waals surface area contributed by atoms with Crippen LogP contribution in [0.15, 0.2) is 48.8 Å². The summed E-state index contributed by atoms with van der Waals surface area (Å²) in [6.07, 6.45) is 2.03. The first kappa shape index (κ1) is 18.9. The van der Waals surface area contributed by atoms with Gasteiger partial charge in [0.2, 0.25) is 10.0 Å². The summed E-state index contributed by atoms with van der Waals surface area (Å²) in [5.41, 5.74) is 1.13. The van der Waals surface area contributed by atoms with Crippen molar-refractivity contribution in [1.29, 1.82) is 0 Å². The number of anilines is 1. The van der Waals surface area contributed by atoms with E-state index in [-0.39, 0.29) is 17.1 Å². The van der Waals surface area contributed by atoms with Gasteiger partial charge >= 0.3 is 0 Å². The Labute approximate surface area is 163 Å². The molecule has 0 spiro atoms. The van der Waals surface area contributed by atoms with Gasteiger partial charge in [-0.1, -0.05) is 0 Å². The molecule has 4 aromatic rings. The number of aromatic amines is 1. The molecule has 2 aromatic heterocycles. The molecule has 0 aliphatic rings. The number of hydrogen-bond acceptors (Lipinski definition) is 4. The van der Waals surface area contributed by atoms with Crippen molar-refractivity contribution >= 4 is 26.7 Å². The highest BCUT2D eigenvalue weighted by molar-refractivity contribution is 7.92. The Bertz CT molecular complexity index is 1340. The zero-order valence-corrected chi connectivity index (χ0v) is 15.7. The van der Waals surface area contributed by atoms with E-state index in [1.165, 1.54) is 24.5 Å². The van der Waals surface area contributed by atoms with E-state index in [1.807, 2.05) is 4.72 Å². The number of halogens is 3. The van der Waals surface area contributed by atoms with Gasteiger partial charge in [-0.25, -0.2) is 31.6 Å². The Balaban J connectivity index is 1.84. The van der Waals surface area contributed by atoms with Crippen molar-refractivity contribution < 1.29 is 21.6 Å². The van der Waals surface area contributed by atoms with Crippen molar-refractivity contribution in [3.05, 3.63) is 66.2 Å². The molecule has 0 saturated heterocycles. The van der Waals surface area contributed by atoms with Gasteiger partial charge in [0, 0.05) is 16.6 Å². The van der Waals surface area contributed by atoms with Gasteiger partial charge in [0.1, 0.15) is 17.8 Å². The van der Waals surface area contributed by atoms with Crippen LogP contribution < -0.4 is 4.72 Å². The van der Waals surface area contributed by atoms with E-state index in [4.69, 9.17) is 0 Å². The maximum absolute atomic E-state index is 14.7. The number of aromatic nitrogens is 3. The van der Waals surface area contributed by atoms with Crippen molar-refractivity contribution in [2.75, 3.05) is 11.0 Å². The van der Waals surface area contributed by atoms with Crippen molar-refractivity contribution in [3.63, 3.8) is 0 Å². The molecule has 0 aliphatic carbocycles. The van der Waals surface area contributed by atoms with Gasteiger partial charge < -0.3 is 4.98 Å². The Morgan fingerprint density at radius 3 is 2.38 bits per heavy atom. The first-order valence-electron chi connectivity index (χ1n) is 8.29. The minimum Gasteiger partial charge on any atom is -0.339 e. The van der Waals surface area contributed by atoms with Crippen molar-refractivity contribution in [2.45, 2.75) is 0 Å². The molecule has 2 heterocycles. The molecule has 0 fully saturated rings. The van der Waals surface area contributed by atoms with Crippen molar-refractivity contribution in [3.8, 4) is 22.5 Å². The molecule has 0 bridgehead atoms. The summed E-state index contributed by atoms with van der Waals surface area (Å²) in [7, 11) is -3.77. The summed E-state index contributed by atoms with van der Waals surface area (Å²) in [5.74, 6) is -2.97. The van der Waals surface area contributed by atoms with Gasteiger partial charge in [0.15, 0.2) is 11.6 Å². The lowest BCUT2D eigenvalue weighted by Gasteiger charge is -2.09. The van der Waals surface area contributed by atoms with E-state index in [9.17, 15) is 21.6 Å². The normalized spacial score (nSPS) is 11.7. The summed E-state index contributed by atoms with van der Waals surface area (Å²) in [5, 5.41) is 0.425. The summed E-state index contributed by atoms with van der Waals surface area (Å²) < 4.78 is 66.8. The highest BCUT2D eigenvalue weighted by Gasteiger charge is 2.20. The number of rotatable bonds is 4. The van der Waals surface area contributed by atoms with Gasteiger partial charge in [0.05, 0.1) is 17.6 Å². The van der Waals surface area contributed by atoms with E-state index >= 15 is 0 Å². The number of sulfonamides is 1. The van der Waals surface area contributed by atoms with Gasteiger partial charge in [-0.15, -0.1) is 0 Å². The highest BCUT2D eigenvalue weighted by Crippen LogP contribution is 2.33. The Morgan fingerprint density at radius 1 is 0.966 bits per heavy atom. The van der Waals surface area contributed by atoms with Crippen LogP contribution in [0.2, 0.25) is 0 Å². The summed E-state index contributed by atoms with van der Waals surface area (Å²) >= 11 is 0. The minimum atomic E-state index is -3.77. The molecule has 2 aromatic carbocycles. The molecule has 6 nitrogen and oxygen atoms in total. The molecular formula is C19H13F3N4O2S. The number of nitrogens with one attached hydrogen (secondary N) is 2. The molecule has 0 aliphatic heterocycles. The van der Waals surface area contributed by atoms with Crippen molar-refractivity contribution in [2.24, 2.45) is 0 Å². The summed E-state index contributed by atoms with van der Waals surface area (Å²) in [6, 6.07) is 9.75. The van der Waals surface area contributed by atoms with Crippen LogP contribution in [0.5, 0.6) is 0 Å². The predicted molar refractivity (Wildman–Crippen MR) is 103 cm³/mol. The monoisotopic (exact) mass is 418 g/mol. The quantitative estimate of drug-likeness (QED) is 0.523. The van der Waals surface area contributed by atoms with Crippen molar-refractivity contribution in [1.82, 2.24) is 15.0 Å². The van der Waals surface area contributed by atoms with Crippen LogP contribution in [0.1, 0.15) is 0 Å². The van der Waals surface area contributed by atoms with E-state index in [0.29, 0.717) is 22.3 Å². The lowest BCUT2D eigenvalue weighted by molar-refractivity contribution is 0.514. The second kappa shape index (κ2) is 6.89. The fraction of sp³-hybridized carbons (Fsp3) is 0.0526. The Kier molecular flexibility index (Phi) is 4.50. The molecule has 2 N–H and O–H groups in total. The maximum atomic E-state index is 14.7. The second-order valence-electron chi connectivity index (χ2n) is 6.34. The number of fused-ring (bicyclic) bond motifs is 1. The van der Waals surface area contributed by atoms with Crippen LogP contribution in [-0.2, 0) is 10.0 Å². The molecule has 0 amide bonds. The second-order valence-corrected chi connectivity index (χ2v) is 8.09. The predicted octanol–water partition coefficient (Wildman–Crippen LogP) is 4.08. The van der Waals surface area contributed by atoms with Crippen LogP contribution in [0, 0.1) is 17.5 Å². The molecule has 10 heteroatoms. The number of hydrogen-bond donors (Lipinski definition) is 2. The van der Waals surface area contributed by atoms with Crippen LogP contribution in [-0.4, -0.2) is 29.6 Å². The highest BCUT2D eigenvalue weighted by atomic mass is 32.2. The van der Waals surface area contributed by atoms with Crippen LogP contribution >= 0.6 is 0 Å². The molecule has 0 radical (unpaired) electrons. The lowest BCUT2D eigenvalue weighted by Crippen LogP contribution is -2.11. The summed E-state index contributed by atoms with van der Waals surface area (Å²) in [4.78, 5) is 11.2. The SMILES string of the molecule is CS(=O)(=O)Nc1ccc(-c2ncnc3[nH]c(-c4ccc(F)cc4)cc23)c(F)c1F. The number of benzene rings is 2. The fourth-order valence-corrected chi connectivity index (χ4v) is 3.51. The van der Waals surface area contributed by atoms with E-state index in [0.717, 1.165) is 12.3 Å². The van der Waals surface area contributed by atoms with E-state index in [2.05, 4.69) is 15.0 Å². The molecule has 29 heavy (non-hydrogen) atoms. The zero-order chi connectivity index (χ0) is 20.8. The van der Waals surface area contributed by atoms with E-state index in [1.54, 1.807) is 18.2 Å². The average Bonchev–Trinajstić information content (AvgIpc) is 3.10. The van der Waals surface area contributed by atoms with E-state index < -0.39 is 27.3 Å². The molecular weight excluding hydrogens is 405 g/mol. The van der Waals surface area contributed by atoms with Gasteiger partial charge in [0.25, 0.3) is 0 Å². The maximum Gasteiger partial charge on any atom is 0.229 e. The van der Waals surface area contributed by atoms with Crippen LogP contribution in [0.3, 0.4) is 0 Å². The Morgan fingerprint density at radius 2 is 1.69 bits per heavy atom. The van der Waals surface area contributed by atoms with Gasteiger partial charge in [-0.3, -0.25) is 4.72 Å². The number of nitrogens with zero attached hydrogens (tertiary/aromatic N) is 2. The van der Waals surface area contributed by atoms with Crippen LogP contribution in [0.25, 0.3) is 33.5 Å². The largest absolute Gasteiger partial charge is 0.339 e. The fourth-order valence-electron chi connectivity index (χ4n) is 2.95. The third-order valence-electron chi connectivity index (χ3n) is 4.21. The lowest BCUT2D eigenvalue weighted by atomic mass is 10.1. The topological polar surface area (TPSA) is 87.7 Å². The zero-order valence-electron chi connectivity index (χ0n) is 14.9. The van der Waals surface area contributed by atoms with Gasteiger partial charge in [-0.05, 0) is 48.0 Å². The standard InChI is InChI=1S/C19H13F3N4O2S/c1-29(27,28)26-14-7-6-12(16(21)17(14)22)18-13-8-15(25-19(13)24-9-23-18)10-2-4-11(20)5-3-10/h2-9,26H,1H3,(H,23,24,25). The van der Waals surface area contributed by atoms with Gasteiger partial charge in [-0.2, -0.15) is 0 Å². The number of H-pyrrole nitrogens is 1. The first-order chi connectivity index (χ1) is 13.7. The molecule has 148 valence electrons. The molecule has 0 saturated carbocycles. The molecule has 0 unspecified atom stereocenters. The molecule has 0 atom stereocenters. The third kappa shape index (κ3) is 3.66. The Hall–Kier alpha value is -3.40. The minimum absolute atomic E-state index is 0.127. The first-order valence-corrected chi connectivity index (χ1v) is 10.2. The third-order valence-corrected chi connectivity index (χ3v) is 4.80. The summed E-state index contributed by atoms with van der Waals surface area (Å²) in [6.45, 7) is 0.